The van der Waals surface area contributed by atoms with Gasteiger partial charge in [-0.1, -0.05) is 32.3 Å². The number of carbonyl (C=O) groups is 2. The fraction of sp³-hybridized carbons (Fsp3) is 0.467. The van der Waals surface area contributed by atoms with E-state index in [1.165, 1.54) is 12.8 Å². The Morgan fingerprint density at radius 2 is 1.95 bits per heavy atom. The van der Waals surface area contributed by atoms with Crippen LogP contribution in [0.5, 0.6) is 0 Å². The van der Waals surface area contributed by atoms with E-state index in [1.54, 1.807) is 18.2 Å². The van der Waals surface area contributed by atoms with Crippen molar-refractivity contribution in [3.05, 3.63) is 29.3 Å². The molecule has 4 N–H and O–H groups in total. The minimum absolute atomic E-state index is 0.258. The van der Waals surface area contributed by atoms with Crippen molar-refractivity contribution >= 4 is 17.6 Å². The molecule has 5 nitrogen and oxygen atoms in total. The monoisotopic (exact) mass is 277 g/mol. The molecule has 0 unspecified atom stereocenters. The molecule has 1 aromatic carbocycles. The number of anilines is 1. The molecule has 1 rings (SSSR count). The number of urea groups is 1. The zero-order valence-electron chi connectivity index (χ0n) is 12.2. The third-order valence-electron chi connectivity index (χ3n) is 3.09. The van der Waals surface area contributed by atoms with Crippen molar-refractivity contribution in [1.29, 1.82) is 0 Å². The molecule has 0 heterocycles. The van der Waals surface area contributed by atoms with Gasteiger partial charge in [0.25, 0.3) is 0 Å². The first-order valence-corrected chi connectivity index (χ1v) is 7.00. The number of amides is 3. The van der Waals surface area contributed by atoms with E-state index in [0.717, 1.165) is 18.4 Å². The Morgan fingerprint density at radius 3 is 2.60 bits per heavy atom. The van der Waals surface area contributed by atoms with Crippen LogP contribution in [0.4, 0.5) is 10.5 Å². The molecule has 0 aromatic heterocycles. The lowest BCUT2D eigenvalue weighted by Gasteiger charge is -2.10. The van der Waals surface area contributed by atoms with Crippen molar-refractivity contribution in [3.8, 4) is 0 Å². The van der Waals surface area contributed by atoms with E-state index in [0.29, 0.717) is 17.8 Å². The Labute approximate surface area is 119 Å². The molecule has 0 bridgehead atoms. The van der Waals surface area contributed by atoms with Crippen LogP contribution in [0.2, 0.25) is 0 Å². The summed E-state index contributed by atoms with van der Waals surface area (Å²) in [5, 5.41) is 5.54. The third kappa shape index (κ3) is 5.30. The van der Waals surface area contributed by atoms with Crippen LogP contribution in [-0.2, 0) is 0 Å². The zero-order valence-corrected chi connectivity index (χ0v) is 12.2. The van der Waals surface area contributed by atoms with Crippen molar-refractivity contribution in [2.75, 3.05) is 11.9 Å². The maximum absolute atomic E-state index is 11.7. The van der Waals surface area contributed by atoms with Crippen molar-refractivity contribution in [3.63, 3.8) is 0 Å². The molecule has 3 amide bonds. The van der Waals surface area contributed by atoms with Crippen LogP contribution < -0.4 is 16.4 Å². The number of benzene rings is 1. The molecule has 0 spiro atoms. The van der Waals surface area contributed by atoms with E-state index >= 15 is 0 Å². The van der Waals surface area contributed by atoms with Gasteiger partial charge in [0.1, 0.15) is 0 Å². The van der Waals surface area contributed by atoms with E-state index in [9.17, 15) is 9.59 Å². The molecule has 0 saturated carbocycles. The highest BCUT2D eigenvalue weighted by molar-refractivity contribution is 5.96. The van der Waals surface area contributed by atoms with Gasteiger partial charge in [0.05, 0.1) is 0 Å². The van der Waals surface area contributed by atoms with Crippen LogP contribution in [0.25, 0.3) is 0 Å². The topological polar surface area (TPSA) is 84.2 Å². The number of unbranched alkanes of at least 4 members (excludes halogenated alkanes) is 3. The summed E-state index contributed by atoms with van der Waals surface area (Å²) in [6.07, 6.45) is 4.45. The maximum Gasteiger partial charge on any atom is 0.319 e. The Bertz CT molecular complexity index is 472. The zero-order chi connectivity index (χ0) is 15.0. The quantitative estimate of drug-likeness (QED) is 0.669. The molecule has 110 valence electrons. The summed E-state index contributed by atoms with van der Waals surface area (Å²) in [7, 11) is 0. The summed E-state index contributed by atoms with van der Waals surface area (Å²) in [6, 6.07) is 4.74. The Balaban J connectivity index is 2.49. The van der Waals surface area contributed by atoms with Gasteiger partial charge in [0, 0.05) is 17.8 Å². The second-order valence-corrected chi connectivity index (χ2v) is 4.84. The number of nitrogens with two attached hydrogens (primary N) is 1. The van der Waals surface area contributed by atoms with Crippen LogP contribution >= 0.6 is 0 Å². The second kappa shape index (κ2) is 8.19. The average molecular weight is 277 g/mol. The highest BCUT2D eigenvalue weighted by atomic mass is 16.2. The smallest absolute Gasteiger partial charge is 0.319 e. The predicted octanol–water partition coefficient (Wildman–Crippen LogP) is 2.80. The Hall–Kier alpha value is -2.04. The SMILES string of the molecule is CCCCCCNC(=O)Nc1cc(C(N)=O)ccc1C. The molecule has 0 atom stereocenters. The first kappa shape index (κ1) is 16.0. The van der Waals surface area contributed by atoms with Crippen LogP contribution in [0.3, 0.4) is 0 Å². The van der Waals surface area contributed by atoms with Crippen LogP contribution in [-0.4, -0.2) is 18.5 Å². The second-order valence-electron chi connectivity index (χ2n) is 4.84. The van der Waals surface area contributed by atoms with E-state index in [2.05, 4.69) is 17.6 Å². The summed E-state index contributed by atoms with van der Waals surface area (Å²) in [6.45, 7) is 4.66. The van der Waals surface area contributed by atoms with Gasteiger partial charge in [0.2, 0.25) is 5.91 Å². The number of rotatable bonds is 7. The van der Waals surface area contributed by atoms with Gasteiger partial charge in [-0.3, -0.25) is 4.79 Å². The van der Waals surface area contributed by atoms with Crippen LogP contribution in [0.1, 0.15) is 48.5 Å². The Kier molecular flexibility index (Phi) is 6.56. The number of aryl methyl sites for hydroxylation is 1. The van der Waals surface area contributed by atoms with Gasteiger partial charge < -0.3 is 16.4 Å². The lowest BCUT2D eigenvalue weighted by Crippen LogP contribution is -2.30. The number of hydrogen-bond donors (Lipinski definition) is 3. The summed E-state index contributed by atoms with van der Waals surface area (Å²) < 4.78 is 0. The van der Waals surface area contributed by atoms with Gasteiger partial charge in [-0.2, -0.15) is 0 Å². The largest absolute Gasteiger partial charge is 0.366 e. The molecule has 0 aliphatic carbocycles. The van der Waals surface area contributed by atoms with Crippen molar-refractivity contribution in [2.24, 2.45) is 5.73 Å². The molecule has 0 aliphatic heterocycles. The van der Waals surface area contributed by atoms with E-state index in [4.69, 9.17) is 5.73 Å². The minimum Gasteiger partial charge on any atom is -0.366 e. The molecule has 0 radical (unpaired) electrons. The minimum atomic E-state index is -0.506. The lowest BCUT2D eigenvalue weighted by molar-refractivity contribution is 0.100. The Morgan fingerprint density at radius 1 is 1.20 bits per heavy atom. The number of primary amides is 1. The molecular formula is C15H23N3O2. The summed E-state index contributed by atoms with van der Waals surface area (Å²) in [5.41, 5.74) is 7.10. The fourth-order valence-corrected chi connectivity index (χ4v) is 1.83. The molecule has 20 heavy (non-hydrogen) atoms. The van der Waals surface area contributed by atoms with Gasteiger partial charge in [-0.05, 0) is 31.0 Å². The summed E-state index contributed by atoms with van der Waals surface area (Å²) >= 11 is 0. The molecule has 0 aliphatic rings. The molecule has 0 fully saturated rings. The molecular weight excluding hydrogens is 254 g/mol. The van der Waals surface area contributed by atoms with Crippen molar-refractivity contribution < 1.29 is 9.59 Å². The predicted molar refractivity (Wildman–Crippen MR) is 80.9 cm³/mol. The van der Waals surface area contributed by atoms with E-state index < -0.39 is 5.91 Å². The highest BCUT2D eigenvalue weighted by Crippen LogP contribution is 2.16. The highest BCUT2D eigenvalue weighted by Gasteiger charge is 2.07. The fourth-order valence-electron chi connectivity index (χ4n) is 1.83. The molecule has 1 aromatic rings. The number of hydrogen-bond acceptors (Lipinski definition) is 2. The summed E-state index contributed by atoms with van der Waals surface area (Å²) in [5.74, 6) is -0.506. The number of nitrogens with one attached hydrogen (secondary N) is 2. The number of carbonyl (C=O) groups excluding carboxylic acids is 2. The van der Waals surface area contributed by atoms with Crippen LogP contribution in [0.15, 0.2) is 18.2 Å². The van der Waals surface area contributed by atoms with Crippen molar-refractivity contribution in [2.45, 2.75) is 39.5 Å². The van der Waals surface area contributed by atoms with E-state index in [-0.39, 0.29) is 6.03 Å². The van der Waals surface area contributed by atoms with Gasteiger partial charge in [0.15, 0.2) is 0 Å². The molecule has 0 saturated heterocycles. The first-order valence-electron chi connectivity index (χ1n) is 7.00. The standard InChI is InChI=1S/C15H23N3O2/c1-3-4-5-6-9-17-15(20)18-13-10-12(14(16)19)8-7-11(13)2/h7-8,10H,3-6,9H2,1-2H3,(H2,16,19)(H2,17,18,20). The maximum atomic E-state index is 11.7. The van der Waals surface area contributed by atoms with Crippen LogP contribution in [0, 0.1) is 6.92 Å². The van der Waals surface area contributed by atoms with Gasteiger partial charge >= 0.3 is 6.03 Å². The van der Waals surface area contributed by atoms with E-state index in [1.807, 2.05) is 6.92 Å². The molecule has 5 heteroatoms. The lowest BCUT2D eigenvalue weighted by atomic mass is 10.1. The van der Waals surface area contributed by atoms with Gasteiger partial charge in [-0.15, -0.1) is 0 Å². The third-order valence-corrected chi connectivity index (χ3v) is 3.09. The normalized spacial score (nSPS) is 10.1. The van der Waals surface area contributed by atoms with Crippen molar-refractivity contribution in [1.82, 2.24) is 5.32 Å². The first-order chi connectivity index (χ1) is 9.54. The average Bonchev–Trinajstić information content (AvgIpc) is 2.40. The van der Waals surface area contributed by atoms with Gasteiger partial charge in [-0.25, -0.2) is 4.79 Å². The summed E-state index contributed by atoms with van der Waals surface area (Å²) in [4.78, 5) is 22.9.